The van der Waals surface area contributed by atoms with E-state index in [9.17, 15) is 0 Å². The monoisotopic (exact) mass is 524 g/mol. The first kappa shape index (κ1) is 13.8. The van der Waals surface area contributed by atoms with Gasteiger partial charge in [0, 0.05) is 21.7 Å². The molecule has 20 heavy (non-hydrogen) atoms. The van der Waals surface area contributed by atoms with E-state index in [4.69, 9.17) is 0 Å². The van der Waals surface area contributed by atoms with Crippen LogP contribution >= 0.6 is 63.7 Å². The van der Waals surface area contributed by atoms with Crippen LogP contribution in [0.5, 0.6) is 0 Å². The molecule has 0 aromatic carbocycles. The van der Waals surface area contributed by atoms with Crippen LogP contribution in [0, 0.1) is 21.7 Å². The zero-order valence-corrected chi connectivity index (χ0v) is 17.4. The molecule has 3 saturated carbocycles. The van der Waals surface area contributed by atoms with Gasteiger partial charge in [-0.1, -0.05) is 88.0 Å². The minimum absolute atomic E-state index is 0.150. The van der Waals surface area contributed by atoms with Crippen molar-refractivity contribution < 1.29 is 0 Å². The third-order valence-corrected chi connectivity index (χ3v) is 13.6. The Bertz CT molecular complexity index is 495. The molecule has 108 valence electrons. The van der Waals surface area contributed by atoms with E-state index in [0.29, 0.717) is 21.7 Å². The zero-order valence-electron chi connectivity index (χ0n) is 11.1. The van der Waals surface area contributed by atoms with Crippen molar-refractivity contribution in [2.24, 2.45) is 21.7 Å². The second-order valence-electron chi connectivity index (χ2n) is 7.59. The van der Waals surface area contributed by atoms with Gasteiger partial charge in [-0.25, -0.2) is 0 Å². The number of hydrogen-bond acceptors (Lipinski definition) is 0. The summed E-state index contributed by atoms with van der Waals surface area (Å²) >= 11 is 16.4. The van der Waals surface area contributed by atoms with Crippen molar-refractivity contribution in [2.75, 3.05) is 0 Å². The Hall–Kier alpha value is 1.40. The van der Waals surface area contributed by atoms with Gasteiger partial charge in [-0.05, 0) is 38.5 Å². The van der Waals surface area contributed by atoms with E-state index in [1.807, 2.05) is 0 Å². The molecule has 0 nitrogen and oxygen atoms in total. The van der Waals surface area contributed by atoms with Gasteiger partial charge in [0.2, 0.25) is 0 Å². The standard InChI is InChI=1S/C16H16Br4/c17-15(18)11-5-1-2-6-12(11,15)10-14-8-4-3-7-13(14,9-11)16(14,19)20/h1-4H,5-10H2/t11-,12-,13-,14+/m0/s1. The molecular weight excluding hydrogens is 512 g/mol. The van der Waals surface area contributed by atoms with E-state index >= 15 is 0 Å². The van der Waals surface area contributed by atoms with Crippen molar-refractivity contribution >= 4 is 63.7 Å². The molecule has 0 spiro atoms. The summed E-state index contributed by atoms with van der Waals surface area (Å²) in [6.45, 7) is 0. The van der Waals surface area contributed by atoms with Crippen LogP contribution in [0.1, 0.15) is 38.5 Å². The summed E-state index contributed by atoms with van der Waals surface area (Å²) < 4.78 is 0.300. The van der Waals surface area contributed by atoms with Crippen LogP contribution in [0.2, 0.25) is 0 Å². The molecule has 5 aliphatic rings. The highest BCUT2D eigenvalue weighted by Crippen LogP contribution is 3.01. The van der Waals surface area contributed by atoms with Crippen LogP contribution < -0.4 is 0 Å². The van der Waals surface area contributed by atoms with Crippen LogP contribution in [0.3, 0.4) is 0 Å². The maximum absolute atomic E-state index is 4.09. The smallest absolute Gasteiger partial charge is 0.0879 e. The van der Waals surface area contributed by atoms with Crippen molar-refractivity contribution in [2.45, 2.75) is 45.0 Å². The lowest BCUT2D eigenvalue weighted by atomic mass is 9.62. The molecule has 0 N–H and O–H groups in total. The van der Waals surface area contributed by atoms with Crippen molar-refractivity contribution in [3.05, 3.63) is 24.3 Å². The van der Waals surface area contributed by atoms with Crippen LogP contribution in [0.25, 0.3) is 0 Å². The Morgan fingerprint density at radius 1 is 0.500 bits per heavy atom. The number of alkyl halides is 4. The van der Waals surface area contributed by atoms with E-state index in [0.717, 1.165) is 0 Å². The van der Waals surface area contributed by atoms with Crippen molar-refractivity contribution in [3.63, 3.8) is 0 Å². The first-order chi connectivity index (χ1) is 9.33. The molecule has 4 atom stereocenters. The maximum atomic E-state index is 4.09. The lowest BCUT2D eigenvalue weighted by molar-refractivity contribution is 0.107. The van der Waals surface area contributed by atoms with E-state index in [-0.39, 0.29) is 6.47 Å². The van der Waals surface area contributed by atoms with E-state index in [2.05, 4.69) is 88.0 Å². The summed E-state index contributed by atoms with van der Waals surface area (Å²) in [5, 5.41) is 0. The Morgan fingerprint density at radius 3 is 1.00 bits per heavy atom. The lowest BCUT2D eigenvalue weighted by Gasteiger charge is -2.40. The number of allylic oxidation sites excluding steroid dienone is 4. The average Bonchev–Trinajstić information content (AvgIpc) is 3.06. The molecule has 0 aromatic heterocycles. The summed E-state index contributed by atoms with van der Waals surface area (Å²) in [5.74, 6) is 0. The van der Waals surface area contributed by atoms with Gasteiger partial charge in [-0.2, -0.15) is 0 Å². The Labute approximate surface area is 153 Å². The van der Waals surface area contributed by atoms with Gasteiger partial charge in [0.15, 0.2) is 0 Å². The molecular formula is C16H16Br4. The second kappa shape index (κ2) is 3.42. The Morgan fingerprint density at radius 2 is 0.750 bits per heavy atom. The topological polar surface area (TPSA) is 0 Å². The Balaban J connectivity index is 1.70. The minimum Gasteiger partial charge on any atom is -0.0879 e. The minimum atomic E-state index is 0.150. The quantitative estimate of drug-likeness (QED) is 0.252. The van der Waals surface area contributed by atoms with Gasteiger partial charge in [-0.15, -0.1) is 0 Å². The van der Waals surface area contributed by atoms with Gasteiger partial charge in [0.05, 0.1) is 6.47 Å². The Kier molecular flexibility index (Phi) is 2.36. The normalized spacial score (nSPS) is 59.0. The van der Waals surface area contributed by atoms with Crippen LogP contribution in [-0.4, -0.2) is 6.47 Å². The summed E-state index contributed by atoms with van der Waals surface area (Å²) in [6.07, 6.45) is 17.2. The molecule has 5 rings (SSSR count). The van der Waals surface area contributed by atoms with Crippen LogP contribution in [0.4, 0.5) is 0 Å². The van der Waals surface area contributed by atoms with Crippen LogP contribution in [-0.2, 0) is 0 Å². The number of rotatable bonds is 0. The summed E-state index contributed by atoms with van der Waals surface area (Å²) in [4.78, 5) is 0. The average molecular weight is 528 g/mol. The van der Waals surface area contributed by atoms with Crippen molar-refractivity contribution in [1.29, 1.82) is 0 Å². The van der Waals surface area contributed by atoms with Gasteiger partial charge in [-0.3, -0.25) is 0 Å². The molecule has 0 amide bonds. The number of hydrogen-bond donors (Lipinski definition) is 0. The molecule has 0 aliphatic heterocycles. The highest BCUT2D eigenvalue weighted by molar-refractivity contribution is 9.26. The first-order valence-electron chi connectivity index (χ1n) is 7.38. The summed E-state index contributed by atoms with van der Waals surface area (Å²) in [7, 11) is 0. The SMILES string of the molecule is BrC1(Br)[C@@]23CC=CC[C@@]12C[C@@]12CC=CC[C@@]1(C3)C2(Br)Br. The van der Waals surface area contributed by atoms with Gasteiger partial charge < -0.3 is 0 Å². The molecule has 0 unspecified atom stereocenters. The fourth-order valence-electron chi connectivity index (χ4n) is 6.35. The van der Waals surface area contributed by atoms with E-state index in [1.54, 1.807) is 0 Å². The fraction of sp³-hybridized carbons (Fsp3) is 0.750. The zero-order chi connectivity index (χ0) is 14.1. The molecule has 0 saturated heterocycles. The predicted octanol–water partition coefficient (Wildman–Crippen LogP) is 6.43. The predicted molar refractivity (Wildman–Crippen MR) is 96.9 cm³/mol. The van der Waals surface area contributed by atoms with Crippen LogP contribution in [0.15, 0.2) is 24.3 Å². The van der Waals surface area contributed by atoms with Crippen molar-refractivity contribution in [1.82, 2.24) is 0 Å². The fourth-order valence-corrected chi connectivity index (χ4v) is 11.4. The first-order valence-corrected chi connectivity index (χ1v) is 10.6. The van der Waals surface area contributed by atoms with Gasteiger partial charge in [0.25, 0.3) is 0 Å². The lowest BCUT2D eigenvalue weighted by Crippen LogP contribution is -2.33. The third kappa shape index (κ3) is 0.991. The second-order valence-corrected chi connectivity index (χ2v) is 14.5. The van der Waals surface area contributed by atoms with Gasteiger partial charge >= 0.3 is 0 Å². The van der Waals surface area contributed by atoms with E-state index < -0.39 is 0 Å². The molecule has 5 aliphatic carbocycles. The molecule has 3 fully saturated rings. The number of halogens is 4. The molecule has 0 bridgehead atoms. The highest BCUT2D eigenvalue weighted by atomic mass is 79.9. The highest BCUT2D eigenvalue weighted by Gasteiger charge is 2.98. The molecule has 0 heterocycles. The summed E-state index contributed by atoms with van der Waals surface area (Å²) in [6, 6.07) is 0. The molecule has 4 heteroatoms. The van der Waals surface area contributed by atoms with Crippen molar-refractivity contribution in [3.8, 4) is 0 Å². The van der Waals surface area contributed by atoms with E-state index in [1.165, 1.54) is 38.5 Å². The summed E-state index contributed by atoms with van der Waals surface area (Å²) in [5.41, 5.74) is 1.64. The third-order valence-electron chi connectivity index (χ3n) is 7.52. The maximum Gasteiger partial charge on any atom is 0.0935 e. The largest absolute Gasteiger partial charge is 0.0935 e. The molecule has 0 aromatic rings. The molecule has 0 radical (unpaired) electrons. The van der Waals surface area contributed by atoms with Gasteiger partial charge in [0.1, 0.15) is 0 Å².